The fraction of sp³-hybridized carbons (Fsp3) is 0.412. The number of aromatic nitrogens is 1. The molecule has 1 atom stereocenters. The SMILES string of the molecule is CC(=O)N1CCN(C(=O)Cn2ccc3ccccc32)[C@@H](C)C1. The minimum Gasteiger partial charge on any atom is -0.339 e. The second kappa shape index (κ2) is 5.83. The van der Waals surface area contributed by atoms with E-state index in [9.17, 15) is 9.59 Å². The quantitative estimate of drug-likeness (QED) is 0.847. The molecule has 3 rings (SSSR count). The lowest BCUT2D eigenvalue weighted by Crippen LogP contribution is -2.55. The third-order valence-corrected chi connectivity index (χ3v) is 4.38. The Balaban J connectivity index is 1.71. The highest BCUT2D eigenvalue weighted by atomic mass is 16.2. The average molecular weight is 299 g/mol. The van der Waals surface area contributed by atoms with Crippen molar-refractivity contribution in [2.24, 2.45) is 0 Å². The summed E-state index contributed by atoms with van der Waals surface area (Å²) in [5, 5.41) is 1.14. The zero-order chi connectivity index (χ0) is 15.7. The summed E-state index contributed by atoms with van der Waals surface area (Å²) in [6.45, 7) is 5.78. The Hall–Kier alpha value is -2.30. The van der Waals surface area contributed by atoms with E-state index in [-0.39, 0.29) is 17.9 Å². The summed E-state index contributed by atoms with van der Waals surface area (Å²) in [7, 11) is 0. The Morgan fingerprint density at radius 1 is 1.18 bits per heavy atom. The van der Waals surface area contributed by atoms with Crippen LogP contribution in [0.25, 0.3) is 10.9 Å². The van der Waals surface area contributed by atoms with E-state index in [4.69, 9.17) is 0 Å². The minimum atomic E-state index is 0.0620. The number of fused-ring (bicyclic) bond motifs is 1. The predicted molar refractivity (Wildman–Crippen MR) is 85.4 cm³/mol. The van der Waals surface area contributed by atoms with Crippen molar-refractivity contribution in [3.8, 4) is 0 Å². The van der Waals surface area contributed by atoms with Crippen LogP contribution in [0.3, 0.4) is 0 Å². The van der Waals surface area contributed by atoms with Gasteiger partial charge in [0.2, 0.25) is 11.8 Å². The monoisotopic (exact) mass is 299 g/mol. The van der Waals surface area contributed by atoms with E-state index in [1.807, 2.05) is 52.9 Å². The van der Waals surface area contributed by atoms with E-state index >= 15 is 0 Å². The second-order valence-electron chi connectivity index (χ2n) is 5.90. The summed E-state index contributed by atoms with van der Waals surface area (Å²) in [4.78, 5) is 27.7. The summed E-state index contributed by atoms with van der Waals surface area (Å²) in [6, 6.07) is 10.1. The van der Waals surface area contributed by atoms with Crippen LogP contribution < -0.4 is 0 Å². The smallest absolute Gasteiger partial charge is 0.242 e. The molecule has 2 aromatic rings. The normalized spacial score (nSPS) is 18.7. The molecule has 0 unspecified atom stereocenters. The van der Waals surface area contributed by atoms with Crippen molar-refractivity contribution in [3.63, 3.8) is 0 Å². The third-order valence-electron chi connectivity index (χ3n) is 4.38. The number of hydrogen-bond acceptors (Lipinski definition) is 2. The fourth-order valence-corrected chi connectivity index (χ4v) is 3.13. The van der Waals surface area contributed by atoms with E-state index in [2.05, 4.69) is 0 Å². The summed E-state index contributed by atoms with van der Waals surface area (Å²) < 4.78 is 1.99. The molecule has 0 bridgehead atoms. The number of nitrogens with zero attached hydrogens (tertiary/aromatic N) is 3. The lowest BCUT2D eigenvalue weighted by atomic mass is 10.2. The van der Waals surface area contributed by atoms with Gasteiger partial charge in [-0.3, -0.25) is 9.59 Å². The van der Waals surface area contributed by atoms with E-state index in [0.717, 1.165) is 10.9 Å². The van der Waals surface area contributed by atoms with Gasteiger partial charge >= 0.3 is 0 Å². The van der Waals surface area contributed by atoms with E-state index in [1.165, 1.54) is 0 Å². The maximum atomic E-state index is 12.6. The lowest BCUT2D eigenvalue weighted by molar-refractivity contribution is -0.141. The molecule has 5 nitrogen and oxygen atoms in total. The van der Waals surface area contributed by atoms with Crippen LogP contribution in [0.5, 0.6) is 0 Å². The number of carbonyl (C=O) groups excluding carboxylic acids is 2. The van der Waals surface area contributed by atoms with Crippen LogP contribution in [0.4, 0.5) is 0 Å². The van der Waals surface area contributed by atoms with Gasteiger partial charge in [-0.2, -0.15) is 0 Å². The summed E-state index contributed by atoms with van der Waals surface area (Å²) in [6.07, 6.45) is 1.96. The zero-order valence-electron chi connectivity index (χ0n) is 13.0. The van der Waals surface area contributed by atoms with Crippen molar-refractivity contribution >= 4 is 22.7 Å². The molecule has 5 heteroatoms. The Morgan fingerprint density at radius 2 is 1.95 bits per heavy atom. The molecule has 1 aromatic carbocycles. The molecule has 1 saturated heterocycles. The van der Waals surface area contributed by atoms with Crippen LogP contribution in [-0.2, 0) is 16.1 Å². The first-order chi connectivity index (χ1) is 10.6. The van der Waals surface area contributed by atoms with E-state index in [0.29, 0.717) is 26.2 Å². The molecule has 2 amide bonds. The molecule has 22 heavy (non-hydrogen) atoms. The topological polar surface area (TPSA) is 45.6 Å². The predicted octanol–water partition coefficient (Wildman–Crippen LogP) is 1.72. The van der Waals surface area contributed by atoms with Gasteiger partial charge in [0.1, 0.15) is 6.54 Å². The molecule has 1 aliphatic heterocycles. The van der Waals surface area contributed by atoms with Crippen LogP contribution in [0.1, 0.15) is 13.8 Å². The highest BCUT2D eigenvalue weighted by Gasteiger charge is 2.28. The van der Waals surface area contributed by atoms with Crippen LogP contribution >= 0.6 is 0 Å². The molecule has 0 radical (unpaired) electrons. The van der Waals surface area contributed by atoms with Gasteiger partial charge in [-0.05, 0) is 24.4 Å². The lowest BCUT2D eigenvalue weighted by Gasteiger charge is -2.39. The second-order valence-corrected chi connectivity index (χ2v) is 5.90. The first-order valence-corrected chi connectivity index (χ1v) is 7.65. The molecule has 0 spiro atoms. The highest BCUT2D eigenvalue weighted by molar-refractivity contribution is 5.83. The maximum absolute atomic E-state index is 12.6. The molecule has 0 N–H and O–H groups in total. The van der Waals surface area contributed by atoms with Gasteiger partial charge in [-0.1, -0.05) is 18.2 Å². The Bertz CT molecular complexity index is 707. The number of piperazine rings is 1. The first kappa shape index (κ1) is 14.6. The van der Waals surface area contributed by atoms with Crippen molar-refractivity contribution in [1.82, 2.24) is 14.4 Å². The Kier molecular flexibility index (Phi) is 3.88. The molecular formula is C17H21N3O2. The number of rotatable bonds is 2. The molecule has 0 aliphatic carbocycles. The van der Waals surface area contributed by atoms with Gasteiger partial charge in [-0.25, -0.2) is 0 Å². The van der Waals surface area contributed by atoms with Crippen molar-refractivity contribution in [2.75, 3.05) is 19.6 Å². The molecule has 1 aliphatic rings. The fourth-order valence-electron chi connectivity index (χ4n) is 3.13. The number of para-hydroxylation sites is 1. The molecule has 0 saturated carbocycles. The standard InChI is InChI=1S/C17H21N3O2/c1-13-11-18(14(2)21)9-10-20(13)17(22)12-19-8-7-15-5-3-4-6-16(15)19/h3-8,13H,9-12H2,1-2H3/t13-/m0/s1. The third kappa shape index (κ3) is 2.71. The molecule has 1 fully saturated rings. The highest BCUT2D eigenvalue weighted by Crippen LogP contribution is 2.16. The number of carbonyl (C=O) groups is 2. The number of hydrogen-bond donors (Lipinski definition) is 0. The van der Waals surface area contributed by atoms with Gasteiger partial charge in [0.15, 0.2) is 0 Å². The van der Waals surface area contributed by atoms with Crippen LogP contribution in [0.2, 0.25) is 0 Å². The summed E-state index contributed by atoms with van der Waals surface area (Å²) >= 11 is 0. The average Bonchev–Trinajstić information content (AvgIpc) is 2.90. The van der Waals surface area contributed by atoms with E-state index < -0.39 is 0 Å². The van der Waals surface area contributed by atoms with Crippen LogP contribution in [-0.4, -0.2) is 51.9 Å². The largest absolute Gasteiger partial charge is 0.339 e. The van der Waals surface area contributed by atoms with Crippen LogP contribution in [0, 0.1) is 0 Å². The van der Waals surface area contributed by atoms with Crippen molar-refractivity contribution in [2.45, 2.75) is 26.4 Å². The number of benzene rings is 1. The Labute approximate surface area is 130 Å². The molecule has 116 valence electrons. The van der Waals surface area contributed by atoms with Crippen molar-refractivity contribution in [1.29, 1.82) is 0 Å². The van der Waals surface area contributed by atoms with Gasteiger partial charge in [0.05, 0.1) is 0 Å². The minimum absolute atomic E-state index is 0.0620. The van der Waals surface area contributed by atoms with Gasteiger partial charge in [0, 0.05) is 44.3 Å². The van der Waals surface area contributed by atoms with Gasteiger partial charge in [0.25, 0.3) is 0 Å². The Morgan fingerprint density at radius 3 is 2.68 bits per heavy atom. The summed E-state index contributed by atoms with van der Waals surface area (Å²) in [5.41, 5.74) is 1.07. The summed E-state index contributed by atoms with van der Waals surface area (Å²) in [5.74, 6) is 0.187. The van der Waals surface area contributed by atoms with Crippen molar-refractivity contribution in [3.05, 3.63) is 36.5 Å². The molecule has 1 aromatic heterocycles. The van der Waals surface area contributed by atoms with Gasteiger partial charge in [-0.15, -0.1) is 0 Å². The molecular weight excluding hydrogens is 278 g/mol. The number of amides is 2. The first-order valence-electron chi connectivity index (χ1n) is 7.65. The maximum Gasteiger partial charge on any atom is 0.242 e. The zero-order valence-corrected chi connectivity index (χ0v) is 13.0. The van der Waals surface area contributed by atoms with Gasteiger partial charge < -0.3 is 14.4 Å². The van der Waals surface area contributed by atoms with E-state index in [1.54, 1.807) is 11.8 Å². The van der Waals surface area contributed by atoms with Crippen molar-refractivity contribution < 1.29 is 9.59 Å². The van der Waals surface area contributed by atoms with Crippen LogP contribution in [0.15, 0.2) is 36.5 Å². The molecule has 2 heterocycles.